The van der Waals surface area contributed by atoms with Gasteiger partial charge in [0.1, 0.15) is 11.6 Å². The number of nitrogens with two attached hydrogens (primary N) is 1. The topological polar surface area (TPSA) is 81.1 Å². The Morgan fingerprint density at radius 2 is 2.04 bits per heavy atom. The maximum absolute atomic E-state index is 5.99. The number of aryl methyl sites for hydroxylation is 4. The molecule has 0 fully saturated rings. The van der Waals surface area contributed by atoms with Crippen LogP contribution in [0.2, 0.25) is 0 Å². The number of fused-ring (bicyclic) bond motifs is 1. The van der Waals surface area contributed by atoms with E-state index in [4.69, 9.17) is 5.73 Å². The quantitative estimate of drug-likeness (QED) is 0.304. The van der Waals surface area contributed by atoms with Crippen molar-refractivity contribution in [3.63, 3.8) is 0 Å². The molecule has 0 amide bonds. The molecule has 142 valence electrons. The third kappa shape index (κ3) is 5.43. The first-order chi connectivity index (χ1) is 12.1. The molecule has 1 aliphatic heterocycles. The molecular weight excluding hydrogens is 439 g/mol. The molecule has 0 radical (unpaired) electrons. The molecule has 0 atom stereocenters. The number of benzene rings is 1. The van der Waals surface area contributed by atoms with Crippen molar-refractivity contribution < 1.29 is 0 Å². The largest absolute Gasteiger partial charge is 0.370 e. The van der Waals surface area contributed by atoms with Crippen LogP contribution in [0.25, 0.3) is 0 Å². The average Bonchev–Trinajstić information content (AvgIpc) is 2.82. The lowest BCUT2D eigenvalue weighted by Gasteiger charge is -2.08. The fraction of sp³-hybridized carbons (Fsp3) is 0.526. The zero-order valence-corrected chi connectivity index (χ0v) is 18.0. The van der Waals surface area contributed by atoms with E-state index in [1.165, 1.54) is 30.4 Å². The molecule has 3 rings (SSSR count). The first kappa shape index (κ1) is 20.7. The van der Waals surface area contributed by atoms with Gasteiger partial charge in [0.2, 0.25) is 0 Å². The fourth-order valence-corrected chi connectivity index (χ4v) is 3.17. The van der Waals surface area contributed by atoms with Crippen molar-refractivity contribution in [3.05, 3.63) is 41.0 Å². The molecule has 0 aliphatic carbocycles. The Morgan fingerprint density at radius 3 is 2.85 bits per heavy atom. The molecular formula is C19H29IN6. The van der Waals surface area contributed by atoms with E-state index in [0.29, 0.717) is 12.5 Å². The number of rotatable bonds is 5. The molecule has 2 aromatic rings. The number of nitrogens with one attached hydrogen (secondary N) is 1. The smallest absolute Gasteiger partial charge is 0.193 e. The van der Waals surface area contributed by atoms with Crippen LogP contribution in [0.3, 0.4) is 0 Å². The van der Waals surface area contributed by atoms with Crippen LogP contribution in [0.15, 0.2) is 23.2 Å². The van der Waals surface area contributed by atoms with Gasteiger partial charge in [0, 0.05) is 31.6 Å². The summed E-state index contributed by atoms with van der Waals surface area (Å²) in [5, 5.41) is 11.9. The molecule has 6 nitrogen and oxygen atoms in total. The summed E-state index contributed by atoms with van der Waals surface area (Å²) >= 11 is 0. The number of guanidine groups is 1. The van der Waals surface area contributed by atoms with Crippen molar-refractivity contribution in [1.82, 2.24) is 14.8 Å². The number of nitrogens with zero attached hydrogens (tertiary/aromatic N) is 4. The molecule has 7 heteroatoms. The van der Waals surface area contributed by atoms with Crippen LogP contribution in [0.4, 0.5) is 5.69 Å². The van der Waals surface area contributed by atoms with Gasteiger partial charge < -0.3 is 15.6 Å². The van der Waals surface area contributed by atoms with E-state index in [-0.39, 0.29) is 24.0 Å². The molecule has 2 heterocycles. The van der Waals surface area contributed by atoms with E-state index in [1.807, 2.05) is 6.07 Å². The lowest BCUT2D eigenvalue weighted by molar-refractivity contribution is 0.598. The Kier molecular flexibility index (Phi) is 7.86. The number of aromatic nitrogens is 3. The van der Waals surface area contributed by atoms with Gasteiger partial charge in [-0.25, -0.2) is 0 Å². The summed E-state index contributed by atoms with van der Waals surface area (Å²) in [6.45, 7) is 5.93. The minimum Gasteiger partial charge on any atom is -0.370 e. The Balaban J connectivity index is 0.00000243. The predicted molar refractivity (Wildman–Crippen MR) is 117 cm³/mol. The second kappa shape index (κ2) is 9.89. The Morgan fingerprint density at radius 1 is 1.19 bits per heavy atom. The van der Waals surface area contributed by atoms with E-state index in [9.17, 15) is 0 Å². The van der Waals surface area contributed by atoms with Crippen LogP contribution in [-0.2, 0) is 19.4 Å². The monoisotopic (exact) mass is 468 g/mol. The summed E-state index contributed by atoms with van der Waals surface area (Å²) in [6.07, 6.45) is 6.61. The SMILES string of the molecule is Cc1ccc(NC(N)=NCCCc2nnc3n2CCCCC3)cc1C.I. The molecule has 0 unspecified atom stereocenters. The van der Waals surface area contributed by atoms with Gasteiger partial charge in [-0.15, -0.1) is 34.2 Å². The van der Waals surface area contributed by atoms with Gasteiger partial charge in [-0.2, -0.15) is 0 Å². The Labute approximate surface area is 172 Å². The molecule has 0 saturated heterocycles. The first-order valence-electron chi connectivity index (χ1n) is 9.18. The number of halogens is 1. The van der Waals surface area contributed by atoms with E-state index in [0.717, 1.165) is 43.1 Å². The summed E-state index contributed by atoms with van der Waals surface area (Å²) in [5.74, 6) is 2.70. The average molecular weight is 468 g/mol. The van der Waals surface area contributed by atoms with Gasteiger partial charge in [0.05, 0.1) is 0 Å². The number of hydrogen-bond acceptors (Lipinski definition) is 3. The highest BCUT2D eigenvalue weighted by Crippen LogP contribution is 2.15. The highest BCUT2D eigenvalue weighted by Gasteiger charge is 2.13. The van der Waals surface area contributed by atoms with E-state index < -0.39 is 0 Å². The van der Waals surface area contributed by atoms with Gasteiger partial charge >= 0.3 is 0 Å². The first-order valence-corrected chi connectivity index (χ1v) is 9.18. The molecule has 26 heavy (non-hydrogen) atoms. The second-order valence-electron chi connectivity index (χ2n) is 6.79. The van der Waals surface area contributed by atoms with Gasteiger partial charge in [-0.1, -0.05) is 12.5 Å². The molecule has 3 N–H and O–H groups in total. The van der Waals surface area contributed by atoms with Crippen molar-refractivity contribution in [2.75, 3.05) is 11.9 Å². The summed E-state index contributed by atoms with van der Waals surface area (Å²) in [4.78, 5) is 4.43. The maximum Gasteiger partial charge on any atom is 0.193 e. The summed E-state index contributed by atoms with van der Waals surface area (Å²) in [7, 11) is 0. The van der Waals surface area contributed by atoms with E-state index in [2.05, 4.69) is 51.1 Å². The third-order valence-corrected chi connectivity index (χ3v) is 4.81. The van der Waals surface area contributed by atoms with Crippen molar-refractivity contribution in [3.8, 4) is 0 Å². The minimum atomic E-state index is 0. The standard InChI is InChI=1S/C19H28N6.HI/c1-14-9-10-16(13-15(14)2)22-19(20)21-11-6-8-18-24-23-17-7-4-3-5-12-25(17)18;/h9-10,13H,3-8,11-12H2,1-2H3,(H3,20,21,22);1H. The number of anilines is 1. The van der Waals surface area contributed by atoms with Crippen LogP contribution >= 0.6 is 24.0 Å². The van der Waals surface area contributed by atoms with Gasteiger partial charge in [0.15, 0.2) is 5.96 Å². The van der Waals surface area contributed by atoms with E-state index in [1.54, 1.807) is 0 Å². The van der Waals surface area contributed by atoms with Gasteiger partial charge in [0.25, 0.3) is 0 Å². The highest BCUT2D eigenvalue weighted by molar-refractivity contribution is 14.0. The number of hydrogen-bond donors (Lipinski definition) is 2. The lowest BCUT2D eigenvalue weighted by atomic mass is 10.1. The van der Waals surface area contributed by atoms with Crippen molar-refractivity contribution >= 4 is 35.6 Å². The second-order valence-corrected chi connectivity index (χ2v) is 6.79. The van der Waals surface area contributed by atoms with Gasteiger partial charge in [-0.05, 0) is 56.4 Å². The van der Waals surface area contributed by atoms with Crippen LogP contribution < -0.4 is 11.1 Å². The normalized spacial score (nSPS) is 14.3. The molecule has 1 aromatic carbocycles. The molecule has 0 spiro atoms. The van der Waals surface area contributed by atoms with Crippen molar-refractivity contribution in [2.45, 2.75) is 58.9 Å². The lowest BCUT2D eigenvalue weighted by Crippen LogP contribution is -2.23. The Hall–Kier alpha value is -1.64. The van der Waals surface area contributed by atoms with Crippen LogP contribution in [0, 0.1) is 13.8 Å². The van der Waals surface area contributed by atoms with Crippen molar-refractivity contribution in [1.29, 1.82) is 0 Å². The number of aliphatic imine (C=N–C) groups is 1. The maximum atomic E-state index is 5.99. The molecule has 0 bridgehead atoms. The van der Waals surface area contributed by atoms with Crippen molar-refractivity contribution in [2.24, 2.45) is 10.7 Å². The molecule has 0 saturated carbocycles. The predicted octanol–water partition coefficient (Wildman–Crippen LogP) is 3.60. The molecule has 1 aliphatic rings. The van der Waals surface area contributed by atoms with Crippen LogP contribution in [0.5, 0.6) is 0 Å². The van der Waals surface area contributed by atoms with Crippen LogP contribution in [0.1, 0.15) is 48.5 Å². The minimum absolute atomic E-state index is 0. The fourth-order valence-electron chi connectivity index (χ4n) is 3.17. The highest BCUT2D eigenvalue weighted by atomic mass is 127. The zero-order chi connectivity index (χ0) is 17.6. The Bertz CT molecular complexity index is 752. The zero-order valence-electron chi connectivity index (χ0n) is 15.7. The third-order valence-electron chi connectivity index (χ3n) is 4.81. The summed E-state index contributed by atoms with van der Waals surface area (Å²) < 4.78 is 2.30. The van der Waals surface area contributed by atoms with Gasteiger partial charge in [-0.3, -0.25) is 4.99 Å². The molecule has 1 aromatic heterocycles. The van der Waals surface area contributed by atoms with E-state index >= 15 is 0 Å². The van der Waals surface area contributed by atoms with Crippen LogP contribution in [-0.4, -0.2) is 27.3 Å². The summed E-state index contributed by atoms with van der Waals surface area (Å²) in [6, 6.07) is 6.20. The summed E-state index contributed by atoms with van der Waals surface area (Å²) in [5.41, 5.74) is 9.48.